The summed E-state index contributed by atoms with van der Waals surface area (Å²) in [5.41, 5.74) is 1.99. The lowest BCUT2D eigenvalue weighted by Gasteiger charge is -2.23. The zero-order valence-electron chi connectivity index (χ0n) is 16.1. The first-order valence-corrected chi connectivity index (χ1v) is 8.89. The largest absolute Gasteiger partial charge is 0.344 e. The second-order valence-electron chi connectivity index (χ2n) is 7.99. The normalized spacial score (nSPS) is 14.2. The van der Waals surface area contributed by atoms with Gasteiger partial charge in [0.25, 0.3) is 0 Å². The Labute approximate surface area is 150 Å². The fourth-order valence-electron chi connectivity index (χ4n) is 2.65. The molecular weight excluding hydrogens is 314 g/mol. The molecule has 2 atom stereocenters. The van der Waals surface area contributed by atoms with Gasteiger partial charge in [0.15, 0.2) is 0 Å². The molecule has 0 unspecified atom stereocenters. The molecular formula is C20H29N3O2. The maximum atomic E-state index is 12.4. The predicted octanol–water partition coefficient (Wildman–Crippen LogP) is 4.68. The van der Waals surface area contributed by atoms with E-state index in [1.165, 1.54) is 0 Å². The number of carbonyl (C=O) groups excluding carboxylic acids is 1. The van der Waals surface area contributed by atoms with E-state index in [9.17, 15) is 4.79 Å². The van der Waals surface area contributed by atoms with E-state index in [0.29, 0.717) is 18.1 Å². The zero-order chi connectivity index (χ0) is 18.6. The smallest absolute Gasteiger partial charge is 0.249 e. The van der Waals surface area contributed by atoms with Crippen LogP contribution in [0.1, 0.15) is 65.0 Å². The highest BCUT2D eigenvalue weighted by Gasteiger charge is 2.28. The van der Waals surface area contributed by atoms with Crippen molar-refractivity contribution in [3.05, 3.63) is 35.7 Å². The summed E-state index contributed by atoms with van der Waals surface area (Å²) in [5, 5.41) is 7.19. The number of aromatic nitrogens is 2. The van der Waals surface area contributed by atoms with Gasteiger partial charge < -0.3 is 9.84 Å². The number of rotatable bonds is 6. The third-order valence-electron chi connectivity index (χ3n) is 4.20. The summed E-state index contributed by atoms with van der Waals surface area (Å²) < 4.78 is 5.50. The molecule has 5 nitrogen and oxygen atoms in total. The van der Waals surface area contributed by atoms with Crippen molar-refractivity contribution in [3.63, 3.8) is 0 Å². The van der Waals surface area contributed by atoms with E-state index in [4.69, 9.17) is 4.52 Å². The van der Waals surface area contributed by atoms with E-state index < -0.39 is 0 Å². The van der Waals surface area contributed by atoms with Gasteiger partial charge in [-0.25, -0.2) is 0 Å². The molecule has 0 aliphatic carbocycles. The SMILES string of the molecule is CC[C@@H](C)[C@H](NC(=O)CC(C)(C)C)c1nc(-c2cccc(C)c2)no1. The minimum absolute atomic E-state index is 0.00751. The van der Waals surface area contributed by atoms with E-state index in [1.807, 2.05) is 52.0 Å². The average Bonchev–Trinajstić information content (AvgIpc) is 3.00. The number of hydrogen-bond acceptors (Lipinski definition) is 4. The van der Waals surface area contributed by atoms with Gasteiger partial charge in [0.1, 0.15) is 6.04 Å². The molecule has 1 amide bonds. The van der Waals surface area contributed by atoms with Crippen LogP contribution in [-0.4, -0.2) is 16.0 Å². The van der Waals surface area contributed by atoms with Crippen LogP contribution in [0.25, 0.3) is 11.4 Å². The Kier molecular flexibility index (Phi) is 5.98. The monoisotopic (exact) mass is 343 g/mol. The molecule has 0 radical (unpaired) electrons. The fraction of sp³-hybridized carbons (Fsp3) is 0.550. The third kappa shape index (κ3) is 5.41. The molecule has 1 heterocycles. The second-order valence-corrected chi connectivity index (χ2v) is 7.99. The van der Waals surface area contributed by atoms with Gasteiger partial charge in [-0.15, -0.1) is 0 Å². The number of nitrogens with zero attached hydrogens (tertiary/aromatic N) is 2. The molecule has 5 heteroatoms. The number of carbonyl (C=O) groups is 1. The number of hydrogen-bond donors (Lipinski definition) is 1. The summed E-state index contributed by atoms with van der Waals surface area (Å²) >= 11 is 0. The van der Waals surface area contributed by atoms with Crippen molar-refractivity contribution in [2.24, 2.45) is 11.3 Å². The van der Waals surface area contributed by atoms with Crippen molar-refractivity contribution in [2.45, 2.75) is 60.4 Å². The molecule has 0 fully saturated rings. The Morgan fingerprint density at radius 3 is 2.64 bits per heavy atom. The van der Waals surface area contributed by atoms with E-state index in [2.05, 4.69) is 29.3 Å². The van der Waals surface area contributed by atoms with Gasteiger partial charge in [-0.05, 0) is 24.3 Å². The van der Waals surface area contributed by atoms with E-state index >= 15 is 0 Å². The molecule has 1 N–H and O–H groups in total. The fourth-order valence-corrected chi connectivity index (χ4v) is 2.65. The Balaban J connectivity index is 2.23. The molecule has 136 valence electrons. The van der Waals surface area contributed by atoms with Crippen molar-refractivity contribution < 1.29 is 9.32 Å². The quantitative estimate of drug-likeness (QED) is 0.826. The first-order chi connectivity index (χ1) is 11.7. The third-order valence-corrected chi connectivity index (χ3v) is 4.20. The molecule has 0 saturated carbocycles. The van der Waals surface area contributed by atoms with Crippen LogP contribution >= 0.6 is 0 Å². The second kappa shape index (κ2) is 7.81. The first-order valence-electron chi connectivity index (χ1n) is 8.89. The Morgan fingerprint density at radius 1 is 1.32 bits per heavy atom. The number of amides is 1. The van der Waals surface area contributed by atoms with Crippen molar-refractivity contribution >= 4 is 5.91 Å². The summed E-state index contributed by atoms with van der Waals surface area (Å²) in [6.45, 7) is 12.3. The highest BCUT2D eigenvalue weighted by atomic mass is 16.5. The standard InChI is InChI=1S/C20H29N3O2/c1-7-14(3)17(21-16(24)12-20(4,5)6)19-22-18(23-25-19)15-10-8-9-13(2)11-15/h8-11,14,17H,7,12H2,1-6H3,(H,21,24)/t14-,17+/m1/s1. The molecule has 0 aliphatic rings. The molecule has 2 aromatic rings. The van der Waals surface area contributed by atoms with Gasteiger partial charge in [0, 0.05) is 12.0 Å². The maximum Gasteiger partial charge on any atom is 0.249 e. The van der Waals surface area contributed by atoms with Crippen molar-refractivity contribution in [2.75, 3.05) is 0 Å². The first kappa shape index (κ1) is 19.2. The van der Waals surface area contributed by atoms with Crippen LogP contribution < -0.4 is 5.32 Å². The summed E-state index contributed by atoms with van der Waals surface area (Å²) in [6, 6.07) is 7.70. The minimum atomic E-state index is -0.272. The van der Waals surface area contributed by atoms with Crippen LogP contribution in [0.4, 0.5) is 0 Å². The lowest BCUT2D eigenvalue weighted by molar-refractivity contribution is -0.124. The highest BCUT2D eigenvalue weighted by molar-refractivity contribution is 5.77. The topological polar surface area (TPSA) is 68.0 Å². The van der Waals surface area contributed by atoms with Crippen molar-refractivity contribution in [3.8, 4) is 11.4 Å². The number of benzene rings is 1. The Bertz CT molecular complexity index is 716. The highest BCUT2D eigenvalue weighted by Crippen LogP contribution is 2.27. The molecule has 25 heavy (non-hydrogen) atoms. The lowest BCUT2D eigenvalue weighted by Crippen LogP contribution is -2.34. The van der Waals surface area contributed by atoms with Gasteiger partial charge in [-0.3, -0.25) is 4.79 Å². The Morgan fingerprint density at radius 2 is 2.04 bits per heavy atom. The number of aryl methyl sites for hydroxylation is 1. The summed E-state index contributed by atoms with van der Waals surface area (Å²) in [6.07, 6.45) is 1.36. The van der Waals surface area contributed by atoms with Crippen LogP contribution in [0, 0.1) is 18.3 Å². The van der Waals surface area contributed by atoms with Crippen molar-refractivity contribution in [1.82, 2.24) is 15.5 Å². The van der Waals surface area contributed by atoms with E-state index in [1.54, 1.807) is 0 Å². The molecule has 0 spiro atoms. The van der Waals surface area contributed by atoms with Gasteiger partial charge in [-0.1, -0.05) is 70.0 Å². The van der Waals surface area contributed by atoms with Crippen molar-refractivity contribution in [1.29, 1.82) is 0 Å². The molecule has 0 saturated heterocycles. The van der Waals surface area contributed by atoms with E-state index in [0.717, 1.165) is 17.5 Å². The molecule has 0 bridgehead atoms. The van der Waals surface area contributed by atoms with Gasteiger partial charge in [-0.2, -0.15) is 4.98 Å². The van der Waals surface area contributed by atoms with Gasteiger partial charge >= 0.3 is 0 Å². The summed E-state index contributed by atoms with van der Waals surface area (Å²) in [7, 11) is 0. The Hall–Kier alpha value is -2.17. The summed E-state index contributed by atoms with van der Waals surface area (Å²) in [5.74, 6) is 1.23. The van der Waals surface area contributed by atoms with Crippen LogP contribution in [0.5, 0.6) is 0 Å². The van der Waals surface area contributed by atoms with Crippen LogP contribution in [0.2, 0.25) is 0 Å². The molecule has 2 rings (SSSR count). The summed E-state index contributed by atoms with van der Waals surface area (Å²) in [4.78, 5) is 16.9. The zero-order valence-corrected chi connectivity index (χ0v) is 16.1. The molecule has 0 aliphatic heterocycles. The number of nitrogens with one attached hydrogen (secondary N) is 1. The molecule has 1 aromatic carbocycles. The minimum Gasteiger partial charge on any atom is -0.344 e. The van der Waals surface area contributed by atoms with Crippen LogP contribution in [0.3, 0.4) is 0 Å². The average molecular weight is 343 g/mol. The van der Waals surface area contributed by atoms with Crippen LogP contribution in [-0.2, 0) is 4.79 Å². The van der Waals surface area contributed by atoms with Gasteiger partial charge in [0.05, 0.1) is 0 Å². The maximum absolute atomic E-state index is 12.4. The molecule has 1 aromatic heterocycles. The predicted molar refractivity (Wildman–Crippen MR) is 98.9 cm³/mol. The van der Waals surface area contributed by atoms with Gasteiger partial charge in [0.2, 0.25) is 17.6 Å². The lowest BCUT2D eigenvalue weighted by atomic mass is 9.91. The van der Waals surface area contributed by atoms with E-state index in [-0.39, 0.29) is 23.3 Å². The van der Waals surface area contributed by atoms with Crippen LogP contribution in [0.15, 0.2) is 28.8 Å².